The van der Waals surface area contributed by atoms with Gasteiger partial charge in [-0.2, -0.15) is 0 Å². The van der Waals surface area contributed by atoms with Crippen molar-refractivity contribution in [3.8, 4) is 0 Å². The fourth-order valence-electron chi connectivity index (χ4n) is 8.55. The maximum Gasteiger partial charge on any atom is 2.00 e. The molecule has 0 saturated carbocycles. The van der Waals surface area contributed by atoms with Crippen LogP contribution < -0.4 is 0 Å². The molecule has 11 heteroatoms. The predicted molar refractivity (Wildman–Crippen MR) is 311 cm³/mol. The maximum atomic E-state index is 5.75. The Hall–Kier alpha value is 2.46. The largest absolute Gasteiger partial charge is 2.00 e. The number of unbranched alkanes of at least 4 members (excludes halogenated alkanes) is 44. The summed E-state index contributed by atoms with van der Waals surface area (Å²) in [5.74, 6) is 0. The van der Waals surface area contributed by atoms with Crippen LogP contribution in [0.4, 0.5) is 0 Å². The van der Waals surface area contributed by atoms with Gasteiger partial charge in [-0.1, -0.05) is 334 Å². The van der Waals surface area contributed by atoms with Gasteiger partial charge in [0.25, 0.3) is 0 Å². The van der Waals surface area contributed by atoms with Gasteiger partial charge in [0.05, 0.1) is 37.8 Å². The molecule has 0 saturated heterocycles. The molecule has 0 atom stereocenters. The third-order valence-corrected chi connectivity index (χ3v) is 17.5. The number of hydrogen-bond donors (Lipinski definition) is 0. The van der Waals surface area contributed by atoms with E-state index in [9.17, 15) is 0 Å². The molecule has 0 bridgehead atoms. The van der Waals surface area contributed by atoms with E-state index in [1.165, 1.54) is 283 Å². The second-order valence-electron chi connectivity index (χ2n) is 19.8. The summed E-state index contributed by atoms with van der Waals surface area (Å²) in [5.41, 5.74) is -4.88. The zero-order chi connectivity index (χ0) is 48.6. The SMILES string of the molecule is CCCCCCCCCCCCCCOP(=S)([S-])OCCCCCCCCCCCCCC.CCCCCCCCCCCCCCOP(=S)([S-])OCCCCCCCCCCCCCC.[Zn+2]. The zero-order valence-corrected chi connectivity index (χ0v) is 53.7. The van der Waals surface area contributed by atoms with Gasteiger partial charge >= 0.3 is 19.5 Å². The van der Waals surface area contributed by atoms with Gasteiger partial charge in [0.2, 0.25) is 0 Å². The van der Waals surface area contributed by atoms with E-state index < -0.39 is 11.4 Å². The smallest absolute Gasteiger partial charge is 0.691 e. The fourth-order valence-corrected chi connectivity index (χ4v) is 11.9. The summed E-state index contributed by atoms with van der Waals surface area (Å²) in [7, 11) is 0. The molecule has 4 nitrogen and oxygen atoms in total. The van der Waals surface area contributed by atoms with Crippen LogP contribution in [0.1, 0.15) is 336 Å². The Bertz CT molecular complexity index is 857. The van der Waals surface area contributed by atoms with E-state index in [1.54, 1.807) is 0 Å². The van der Waals surface area contributed by atoms with Crippen LogP contribution in [-0.2, 0) is 85.7 Å². The Morgan fingerprint density at radius 3 is 0.448 bits per heavy atom. The van der Waals surface area contributed by atoms with Crippen molar-refractivity contribution in [1.29, 1.82) is 0 Å². The van der Waals surface area contributed by atoms with Crippen molar-refractivity contribution < 1.29 is 37.6 Å². The van der Waals surface area contributed by atoms with Gasteiger partial charge in [-0.3, -0.25) is 0 Å². The molecule has 0 aromatic carbocycles. The number of rotatable bonds is 56. The van der Waals surface area contributed by atoms with E-state index in [4.69, 9.17) is 66.2 Å². The van der Waals surface area contributed by atoms with Crippen molar-refractivity contribution >= 4 is 59.5 Å². The van der Waals surface area contributed by atoms with Crippen molar-refractivity contribution in [2.24, 2.45) is 0 Å². The van der Waals surface area contributed by atoms with E-state index in [-0.39, 0.29) is 19.5 Å². The van der Waals surface area contributed by atoms with Crippen LogP contribution in [0.3, 0.4) is 0 Å². The van der Waals surface area contributed by atoms with E-state index in [0.717, 1.165) is 25.7 Å². The molecule has 0 amide bonds. The molecule has 0 radical (unpaired) electrons. The third kappa shape index (κ3) is 68.5. The molecular weight excluding hydrogens is 992 g/mol. The topological polar surface area (TPSA) is 36.9 Å². The van der Waals surface area contributed by atoms with Crippen LogP contribution in [0.25, 0.3) is 0 Å². The molecule has 0 heterocycles. The Balaban J connectivity index is -0.00000120. The quantitative estimate of drug-likeness (QED) is 0.0258. The summed E-state index contributed by atoms with van der Waals surface area (Å²) in [6, 6.07) is 0. The third-order valence-electron chi connectivity index (χ3n) is 13.0. The fraction of sp³-hybridized carbons (Fsp3) is 1.00. The van der Waals surface area contributed by atoms with Crippen LogP contribution >= 0.6 is 11.4 Å². The molecular formula is C56H116O4P2S4Zn. The molecule has 0 spiro atoms. The van der Waals surface area contributed by atoms with Crippen molar-refractivity contribution in [2.75, 3.05) is 26.4 Å². The van der Waals surface area contributed by atoms with Crippen molar-refractivity contribution in [3.05, 3.63) is 0 Å². The Labute approximate surface area is 456 Å². The van der Waals surface area contributed by atoms with Crippen molar-refractivity contribution in [2.45, 2.75) is 336 Å². The minimum Gasteiger partial charge on any atom is -0.691 e. The summed E-state index contributed by atoms with van der Waals surface area (Å²) in [5, 5.41) is 0. The molecule has 400 valence electrons. The van der Waals surface area contributed by atoms with E-state index in [1.807, 2.05) is 0 Å². The second-order valence-corrected chi connectivity index (χ2v) is 29.8. The van der Waals surface area contributed by atoms with E-state index in [2.05, 4.69) is 27.7 Å². The van der Waals surface area contributed by atoms with Crippen LogP contribution in [0.2, 0.25) is 0 Å². The van der Waals surface area contributed by atoms with Gasteiger partial charge in [-0.25, -0.2) is 0 Å². The average molecular weight is 1110 g/mol. The molecule has 67 heavy (non-hydrogen) atoms. The molecule has 0 aliphatic heterocycles. The first-order chi connectivity index (χ1) is 32.2. The summed E-state index contributed by atoms with van der Waals surface area (Å²) >= 11 is 21.6. The first-order valence-electron chi connectivity index (χ1n) is 29.4. The average Bonchev–Trinajstić information content (AvgIpc) is 3.30. The minimum absolute atomic E-state index is 0. The van der Waals surface area contributed by atoms with Crippen LogP contribution in [0.5, 0.6) is 0 Å². The van der Waals surface area contributed by atoms with Crippen molar-refractivity contribution in [1.82, 2.24) is 0 Å². The summed E-state index contributed by atoms with van der Waals surface area (Å²) < 4.78 is 23.0. The number of hydrogen-bond acceptors (Lipinski definition) is 8. The zero-order valence-electron chi connectivity index (χ0n) is 45.6. The molecule has 0 aromatic rings. The second kappa shape index (κ2) is 62.8. The summed E-state index contributed by atoms with van der Waals surface area (Å²) in [6.07, 6.45) is 64.7. The van der Waals surface area contributed by atoms with E-state index >= 15 is 0 Å². The molecule has 0 fully saturated rings. The van der Waals surface area contributed by atoms with Gasteiger partial charge in [0.1, 0.15) is 0 Å². The monoisotopic (exact) mass is 1110 g/mol. The summed E-state index contributed by atoms with van der Waals surface area (Å²) in [4.78, 5) is 0. The van der Waals surface area contributed by atoms with Gasteiger partial charge in [0, 0.05) is 0 Å². The van der Waals surface area contributed by atoms with Crippen LogP contribution in [0, 0.1) is 0 Å². The molecule has 0 aliphatic carbocycles. The van der Waals surface area contributed by atoms with E-state index in [0.29, 0.717) is 26.4 Å². The first-order valence-corrected chi connectivity index (χ1v) is 36.7. The van der Waals surface area contributed by atoms with Crippen molar-refractivity contribution in [3.63, 3.8) is 0 Å². The Morgan fingerprint density at radius 2 is 0.328 bits per heavy atom. The van der Waals surface area contributed by atoms with Gasteiger partial charge in [0.15, 0.2) is 0 Å². The molecule has 0 rings (SSSR count). The molecule has 0 aromatic heterocycles. The van der Waals surface area contributed by atoms with Crippen LogP contribution in [-0.4, -0.2) is 26.4 Å². The predicted octanol–water partition coefficient (Wildman–Crippen LogP) is 22.4. The molecule has 0 unspecified atom stereocenters. The standard InChI is InChI=1S/2C28H59O2PS2.Zn/c2*1-3-5-7-9-11-13-15-17-19-21-23-25-27-29-31(32,33)30-28-26-24-22-20-18-16-14-12-10-8-6-4-2;/h2*3-28H2,1-2H3,(H,32,33);/q;;+2/p-2. The van der Waals surface area contributed by atoms with Gasteiger partial charge < -0.3 is 42.6 Å². The normalized spacial score (nSPS) is 11.8. The minimum atomic E-state index is -2.44. The Morgan fingerprint density at radius 1 is 0.224 bits per heavy atom. The summed E-state index contributed by atoms with van der Waals surface area (Å²) in [6.45, 7) is 11.8. The molecule has 0 N–H and O–H groups in total. The first kappa shape index (κ1) is 73.7. The molecule has 0 aliphatic rings. The maximum absolute atomic E-state index is 5.75. The van der Waals surface area contributed by atoms with Crippen LogP contribution in [0.15, 0.2) is 0 Å². The van der Waals surface area contributed by atoms with Gasteiger partial charge in [-0.15, -0.1) is 0 Å². The van der Waals surface area contributed by atoms with Gasteiger partial charge in [-0.05, 0) is 25.7 Å². The Kier molecular flexibility index (Phi) is 69.0.